The van der Waals surface area contributed by atoms with E-state index < -0.39 is 0 Å². The van der Waals surface area contributed by atoms with Gasteiger partial charge in [-0.3, -0.25) is 0 Å². The fourth-order valence-corrected chi connectivity index (χ4v) is 8.57. The van der Waals surface area contributed by atoms with Crippen LogP contribution in [0.1, 0.15) is 0 Å². The van der Waals surface area contributed by atoms with E-state index in [1.54, 1.807) is 0 Å². The Morgan fingerprint density at radius 2 is 0.500 bits per heavy atom. The first kappa shape index (κ1) is 35.1. The third-order valence-corrected chi connectivity index (χ3v) is 11.4. The molecule has 10 aromatic carbocycles. The highest BCUT2D eigenvalue weighted by Gasteiger charge is 2.24. The van der Waals surface area contributed by atoms with Crippen LogP contribution in [0.3, 0.4) is 0 Å². The van der Waals surface area contributed by atoms with E-state index in [0.29, 0.717) is 0 Å². The lowest BCUT2D eigenvalue weighted by molar-refractivity contribution is 1.25. The SMILES string of the molecule is c1ccc(-c2ccc(N(c3ccc(-c4ccccc4)cc3)c3ccc(N(c4ccccc4)c4ccccc4)c4nc5c6ccccc6c6ccccc6c5nc34)cc2)cc1. The number of hydrogen-bond donors (Lipinski definition) is 0. The van der Waals surface area contributed by atoms with Crippen LogP contribution in [-0.2, 0) is 0 Å². The molecule has 4 nitrogen and oxygen atoms in total. The Morgan fingerprint density at radius 1 is 0.217 bits per heavy atom. The van der Waals surface area contributed by atoms with Gasteiger partial charge in [0.15, 0.2) is 0 Å². The van der Waals surface area contributed by atoms with Crippen LogP contribution >= 0.6 is 0 Å². The number of rotatable bonds is 8. The van der Waals surface area contributed by atoms with Gasteiger partial charge in [0.1, 0.15) is 11.0 Å². The second kappa shape index (κ2) is 15.0. The molecule has 0 saturated carbocycles. The van der Waals surface area contributed by atoms with Crippen LogP contribution in [0.15, 0.2) is 231 Å². The average Bonchev–Trinajstić information content (AvgIpc) is 3.33. The zero-order valence-electron chi connectivity index (χ0n) is 32.7. The van der Waals surface area contributed by atoms with Crippen molar-refractivity contribution in [1.82, 2.24) is 9.97 Å². The number of anilines is 6. The molecule has 0 amide bonds. The number of hydrogen-bond acceptors (Lipinski definition) is 4. The van der Waals surface area contributed by atoms with E-state index in [9.17, 15) is 0 Å². The third kappa shape index (κ3) is 6.19. The van der Waals surface area contributed by atoms with Gasteiger partial charge in [-0.25, -0.2) is 9.97 Å². The molecule has 0 fully saturated rings. The van der Waals surface area contributed by atoms with Gasteiger partial charge in [0, 0.05) is 33.5 Å². The lowest BCUT2D eigenvalue weighted by atomic mass is 9.99. The lowest BCUT2D eigenvalue weighted by Gasteiger charge is -2.30. The summed E-state index contributed by atoms with van der Waals surface area (Å²) in [6.07, 6.45) is 0. The minimum Gasteiger partial charge on any atom is -0.308 e. The first-order valence-corrected chi connectivity index (χ1v) is 20.3. The average molecular weight is 767 g/mol. The van der Waals surface area contributed by atoms with Crippen LogP contribution in [-0.4, -0.2) is 9.97 Å². The maximum atomic E-state index is 5.76. The van der Waals surface area contributed by atoms with Crippen LogP contribution in [0, 0.1) is 0 Å². The van der Waals surface area contributed by atoms with E-state index in [0.717, 1.165) is 88.9 Å². The van der Waals surface area contributed by atoms with Gasteiger partial charge >= 0.3 is 0 Å². The number of aromatic nitrogens is 2. The van der Waals surface area contributed by atoms with E-state index in [1.807, 2.05) is 0 Å². The Labute approximate surface area is 348 Å². The molecule has 0 aliphatic heterocycles. The Kier molecular flexibility index (Phi) is 8.79. The van der Waals surface area contributed by atoms with Crippen LogP contribution in [0.4, 0.5) is 34.1 Å². The minimum absolute atomic E-state index is 0.802. The topological polar surface area (TPSA) is 32.3 Å². The molecule has 0 radical (unpaired) electrons. The predicted octanol–water partition coefficient (Wildman–Crippen LogP) is 15.4. The molecular formula is C56H38N4. The highest BCUT2D eigenvalue weighted by atomic mass is 15.2. The number of para-hydroxylation sites is 2. The van der Waals surface area contributed by atoms with Gasteiger partial charge < -0.3 is 9.80 Å². The lowest BCUT2D eigenvalue weighted by Crippen LogP contribution is -2.14. The van der Waals surface area contributed by atoms with Crippen molar-refractivity contribution in [2.75, 3.05) is 9.80 Å². The van der Waals surface area contributed by atoms with Crippen molar-refractivity contribution in [3.63, 3.8) is 0 Å². The number of fused-ring (bicyclic) bond motifs is 7. The summed E-state index contributed by atoms with van der Waals surface area (Å²) in [4.78, 5) is 16.1. The smallest absolute Gasteiger partial charge is 0.116 e. The summed E-state index contributed by atoms with van der Waals surface area (Å²) >= 11 is 0. The second-order valence-corrected chi connectivity index (χ2v) is 15.0. The second-order valence-electron chi connectivity index (χ2n) is 15.0. The summed E-state index contributed by atoms with van der Waals surface area (Å²) in [5.74, 6) is 0. The molecule has 60 heavy (non-hydrogen) atoms. The first-order valence-electron chi connectivity index (χ1n) is 20.3. The summed E-state index contributed by atoms with van der Waals surface area (Å²) in [7, 11) is 0. The normalized spacial score (nSPS) is 11.3. The molecule has 0 N–H and O–H groups in total. The summed E-state index contributed by atoms with van der Waals surface area (Å²) < 4.78 is 0. The van der Waals surface area contributed by atoms with E-state index in [2.05, 4.69) is 240 Å². The molecule has 0 aliphatic rings. The highest BCUT2D eigenvalue weighted by Crippen LogP contribution is 2.46. The van der Waals surface area contributed by atoms with Crippen LogP contribution < -0.4 is 9.80 Å². The van der Waals surface area contributed by atoms with Crippen LogP contribution in [0.25, 0.3) is 65.9 Å². The van der Waals surface area contributed by atoms with E-state index in [-0.39, 0.29) is 0 Å². The van der Waals surface area contributed by atoms with E-state index >= 15 is 0 Å². The van der Waals surface area contributed by atoms with Crippen molar-refractivity contribution in [1.29, 1.82) is 0 Å². The molecule has 0 bridgehead atoms. The summed E-state index contributed by atoms with van der Waals surface area (Å²) in [5, 5.41) is 4.47. The first-order chi connectivity index (χ1) is 29.8. The fourth-order valence-electron chi connectivity index (χ4n) is 8.57. The number of nitrogens with zero attached hydrogens (tertiary/aromatic N) is 4. The monoisotopic (exact) mass is 766 g/mol. The van der Waals surface area contributed by atoms with Crippen LogP contribution in [0.5, 0.6) is 0 Å². The predicted molar refractivity (Wildman–Crippen MR) is 252 cm³/mol. The molecule has 1 heterocycles. The summed E-state index contributed by atoms with van der Waals surface area (Å²) in [6.45, 7) is 0. The van der Waals surface area contributed by atoms with Crippen molar-refractivity contribution in [2.24, 2.45) is 0 Å². The van der Waals surface area contributed by atoms with E-state index in [4.69, 9.17) is 9.97 Å². The van der Waals surface area contributed by atoms with E-state index in [1.165, 1.54) is 11.1 Å². The maximum absolute atomic E-state index is 5.76. The molecule has 0 aliphatic carbocycles. The standard InChI is InChI=1S/C56H38N4/c1-5-17-39(18-6-1)41-29-33-45(34-30-41)60(46-35-31-42(32-36-46)40-19-7-2-8-20-40)52-38-37-51(59(43-21-9-3-10-22-43)44-23-11-4-12-24-44)55-56(52)58-54-50-28-16-14-26-48(50)47-25-13-15-27-49(47)53(54)57-55/h1-38H. The molecule has 0 spiro atoms. The van der Waals surface area contributed by atoms with Gasteiger partial charge in [-0.15, -0.1) is 0 Å². The van der Waals surface area contributed by atoms with Gasteiger partial charge in [0.25, 0.3) is 0 Å². The maximum Gasteiger partial charge on any atom is 0.116 e. The largest absolute Gasteiger partial charge is 0.308 e. The van der Waals surface area contributed by atoms with Gasteiger partial charge in [0.2, 0.25) is 0 Å². The fraction of sp³-hybridized carbons (Fsp3) is 0. The van der Waals surface area contributed by atoms with Gasteiger partial charge in [-0.1, -0.05) is 170 Å². The molecule has 0 atom stereocenters. The molecular weight excluding hydrogens is 729 g/mol. The highest BCUT2D eigenvalue weighted by molar-refractivity contribution is 6.24. The zero-order chi connectivity index (χ0) is 39.8. The van der Waals surface area contributed by atoms with Crippen molar-refractivity contribution >= 4 is 77.7 Å². The summed E-state index contributed by atoms with van der Waals surface area (Å²) in [5.41, 5.74) is 14.0. The molecule has 4 heteroatoms. The Hall–Kier alpha value is -8.08. The third-order valence-electron chi connectivity index (χ3n) is 11.4. The molecule has 1 aromatic heterocycles. The van der Waals surface area contributed by atoms with Crippen molar-refractivity contribution in [3.8, 4) is 22.3 Å². The summed E-state index contributed by atoms with van der Waals surface area (Å²) in [6, 6.07) is 81.4. The molecule has 0 unspecified atom stereocenters. The Balaban J connectivity index is 1.22. The Bertz CT molecular complexity index is 3160. The number of benzene rings is 10. The molecule has 282 valence electrons. The zero-order valence-corrected chi connectivity index (χ0v) is 32.7. The van der Waals surface area contributed by atoms with Crippen molar-refractivity contribution in [3.05, 3.63) is 231 Å². The van der Waals surface area contributed by atoms with Crippen molar-refractivity contribution in [2.45, 2.75) is 0 Å². The molecule has 11 rings (SSSR count). The van der Waals surface area contributed by atoms with Gasteiger partial charge in [-0.2, -0.15) is 0 Å². The Morgan fingerprint density at radius 3 is 0.867 bits per heavy atom. The van der Waals surface area contributed by atoms with Crippen molar-refractivity contribution < 1.29 is 0 Å². The van der Waals surface area contributed by atoms with Gasteiger partial charge in [-0.05, 0) is 93.7 Å². The van der Waals surface area contributed by atoms with Crippen LogP contribution in [0.2, 0.25) is 0 Å². The molecule has 0 saturated heterocycles. The quantitative estimate of drug-likeness (QED) is 0.114. The minimum atomic E-state index is 0.802. The van der Waals surface area contributed by atoms with Gasteiger partial charge in [0.05, 0.1) is 22.4 Å². The molecule has 11 aromatic rings.